The summed E-state index contributed by atoms with van der Waals surface area (Å²) in [5.41, 5.74) is 0. The average Bonchev–Trinajstić information content (AvgIpc) is 2.82. The van der Waals surface area contributed by atoms with E-state index in [0.29, 0.717) is 12.2 Å². The maximum Gasteiger partial charge on any atom is 0.240 e. The Labute approximate surface area is 104 Å². The van der Waals surface area contributed by atoms with Crippen LogP contribution in [0.15, 0.2) is 35.5 Å². The Morgan fingerprint density at radius 2 is 2.22 bits per heavy atom. The molecule has 8 heteroatoms. The number of phenols is 1. The van der Waals surface area contributed by atoms with Gasteiger partial charge < -0.3 is 5.11 Å². The van der Waals surface area contributed by atoms with E-state index >= 15 is 0 Å². The van der Waals surface area contributed by atoms with Crippen molar-refractivity contribution < 1.29 is 13.5 Å². The smallest absolute Gasteiger partial charge is 0.240 e. The first kappa shape index (κ1) is 12.5. The fraction of sp³-hybridized carbons (Fsp3) is 0.200. The van der Waals surface area contributed by atoms with Crippen LogP contribution in [0.4, 0.5) is 0 Å². The molecule has 1 heterocycles. The fourth-order valence-corrected chi connectivity index (χ4v) is 2.46. The lowest BCUT2D eigenvalue weighted by Gasteiger charge is -2.05. The van der Waals surface area contributed by atoms with Gasteiger partial charge in [-0.25, -0.2) is 18.1 Å². The normalized spacial score (nSPS) is 11.6. The Kier molecular flexibility index (Phi) is 3.58. The lowest BCUT2D eigenvalue weighted by Crippen LogP contribution is -2.26. The molecule has 0 radical (unpaired) electrons. The molecular weight excluding hydrogens is 256 g/mol. The summed E-state index contributed by atoms with van der Waals surface area (Å²) in [5, 5.41) is 15.5. The molecule has 1 aromatic heterocycles. The van der Waals surface area contributed by atoms with Crippen LogP contribution in [-0.2, 0) is 16.4 Å². The van der Waals surface area contributed by atoms with Crippen molar-refractivity contribution in [3.8, 4) is 5.75 Å². The maximum absolute atomic E-state index is 11.8. The minimum atomic E-state index is -3.61. The summed E-state index contributed by atoms with van der Waals surface area (Å²) in [6.07, 6.45) is 1.77. The number of aromatic nitrogens is 3. The number of benzene rings is 1. The molecule has 0 unspecified atom stereocenters. The topological polar surface area (TPSA) is 108 Å². The number of aromatic amines is 1. The molecular formula is C10H12N4O3S. The van der Waals surface area contributed by atoms with E-state index in [1.807, 2.05) is 0 Å². The molecule has 7 nitrogen and oxygen atoms in total. The number of hydrogen-bond donors (Lipinski definition) is 3. The predicted molar refractivity (Wildman–Crippen MR) is 63.4 cm³/mol. The van der Waals surface area contributed by atoms with Gasteiger partial charge in [0, 0.05) is 13.0 Å². The van der Waals surface area contributed by atoms with Crippen molar-refractivity contribution in [3.05, 3.63) is 36.4 Å². The van der Waals surface area contributed by atoms with Gasteiger partial charge in [0.15, 0.2) is 0 Å². The number of phenolic OH excluding ortho intramolecular Hbond substituents is 1. The highest BCUT2D eigenvalue weighted by Crippen LogP contribution is 2.15. The van der Waals surface area contributed by atoms with Crippen molar-refractivity contribution in [2.45, 2.75) is 11.3 Å². The summed E-state index contributed by atoms with van der Waals surface area (Å²) in [5.74, 6) is 0.515. The Bertz CT molecular complexity index is 610. The molecule has 0 aliphatic rings. The van der Waals surface area contributed by atoms with E-state index in [9.17, 15) is 13.5 Å². The van der Waals surface area contributed by atoms with E-state index < -0.39 is 10.0 Å². The molecule has 3 N–H and O–H groups in total. The lowest BCUT2D eigenvalue weighted by molar-refractivity contribution is 0.473. The fourth-order valence-electron chi connectivity index (χ4n) is 1.39. The monoisotopic (exact) mass is 268 g/mol. The first-order valence-electron chi connectivity index (χ1n) is 5.21. The number of nitrogens with zero attached hydrogens (tertiary/aromatic N) is 2. The third-order valence-corrected chi connectivity index (χ3v) is 3.71. The van der Waals surface area contributed by atoms with Crippen LogP contribution in [0.1, 0.15) is 5.82 Å². The number of aromatic hydroxyl groups is 1. The van der Waals surface area contributed by atoms with Gasteiger partial charge in [-0.3, -0.25) is 5.10 Å². The van der Waals surface area contributed by atoms with Gasteiger partial charge in [-0.05, 0) is 18.2 Å². The Morgan fingerprint density at radius 3 is 2.89 bits per heavy atom. The second-order valence-electron chi connectivity index (χ2n) is 3.58. The highest BCUT2D eigenvalue weighted by molar-refractivity contribution is 7.89. The Balaban J connectivity index is 1.99. The molecule has 0 bridgehead atoms. The van der Waals surface area contributed by atoms with E-state index in [0.717, 1.165) is 0 Å². The minimum absolute atomic E-state index is 0.0278. The molecule has 0 saturated carbocycles. The third-order valence-electron chi connectivity index (χ3n) is 2.25. The zero-order chi connectivity index (χ0) is 13.0. The summed E-state index contributed by atoms with van der Waals surface area (Å²) in [6, 6.07) is 5.49. The molecule has 1 aromatic carbocycles. The van der Waals surface area contributed by atoms with Crippen molar-refractivity contribution in [2.75, 3.05) is 6.54 Å². The number of H-pyrrole nitrogens is 1. The number of sulfonamides is 1. The molecule has 2 rings (SSSR count). The van der Waals surface area contributed by atoms with Crippen LogP contribution in [0.25, 0.3) is 0 Å². The maximum atomic E-state index is 11.8. The van der Waals surface area contributed by atoms with E-state index in [2.05, 4.69) is 19.9 Å². The van der Waals surface area contributed by atoms with Crippen LogP contribution >= 0.6 is 0 Å². The molecule has 18 heavy (non-hydrogen) atoms. The Hall–Kier alpha value is -1.93. The molecule has 0 saturated heterocycles. The second-order valence-corrected chi connectivity index (χ2v) is 5.34. The second kappa shape index (κ2) is 5.15. The molecule has 0 aliphatic heterocycles. The van der Waals surface area contributed by atoms with E-state index in [1.54, 1.807) is 0 Å². The summed E-state index contributed by atoms with van der Waals surface area (Å²) in [6.45, 7) is 0.202. The highest BCUT2D eigenvalue weighted by atomic mass is 32.2. The summed E-state index contributed by atoms with van der Waals surface area (Å²) < 4.78 is 26.1. The van der Waals surface area contributed by atoms with E-state index in [1.165, 1.54) is 30.6 Å². The van der Waals surface area contributed by atoms with Gasteiger partial charge in [0.2, 0.25) is 10.0 Å². The zero-order valence-electron chi connectivity index (χ0n) is 9.37. The van der Waals surface area contributed by atoms with Crippen molar-refractivity contribution >= 4 is 10.0 Å². The zero-order valence-corrected chi connectivity index (χ0v) is 10.2. The molecule has 0 atom stereocenters. The number of rotatable bonds is 5. The molecule has 0 amide bonds. The lowest BCUT2D eigenvalue weighted by atomic mass is 10.3. The van der Waals surface area contributed by atoms with E-state index in [4.69, 9.17) is 0 Å². The number of nitrogens with one attached hydrogen (secondary N) is 2. The summed E-state index contributed by atoms with van der Waals surface area (Å²) in [4.78, 5) is 3.91. The third kappa shape index (κ3) is 3.05. The summed E-state index contributed by atoms with van der Waals surface area (Å²) in [7, 11) is -3.61. The van der Waals surface area contributed by atoms with Gasteiger partial charge in [0.1, 0.15) is 17.9 Å². The van der Waals surface area contributed by atoms with Gasteiger partial charge >= 0.3 is 0 Å². The van der Waals surface area contributed by atoms with Crippen LogP contribution < -0.4 is 4.72 Å². The predicted octanol–water partition coefficient (Wildman–Crippen LogP) is 0.0313. The quantitative estimate of drug-likeness (QED) is 0.709. The van der Waals surface area contributed by atoms with Crippen molar-refractivity contribution in [1.29, 1.82) is 0 Å². The van der Waals surface area contributed by atoms with Gasteiger partial charge in [0.05, 0.1) is 4.90 Å². The minimum Gasteiger partial charge on any atom is -0.508 e. The van der Waals surface area contributed by atoms with Crippen LogP contribution in [-0.4, -0.2) is 35.3 Å². The molecule has 0 aliphatic carbocycles. The Morgan fingerprint density at radius 1 is 1.39 bits per heavy atom. The van der Waals surface area contributed by atoms with Crippen LogP contribution in [0.3, 0.4) is 0 Å². The molecule has 0 spiro atoms. The van der Waals surface area contributed by atoms with Crippen LogP contribution in [0, 0.1) is 0 Å². The van der Waals surface area contributed by atoms with Gasteiger partial charge in [-0.1, -0.05) is 6.07 Å². The van der Waals surface area contributed by atoms with Crippen LogP contribution in [0.5, 0.6) is 5.75 Å². The molecule has 0 fully saturated rings. The summed E-state index contributed by atoms with van der Waals surface area (Å²) >= 11 is 0. The molecule has 2 aromatic rings. The molecule has 96 valence electrons. The van der Waals surface area contributed by atoms with Crippen LogP contribution in [0.2, 0.25) is 0 Å². The van der Waals surface area contributed by atoms with Crippen molar-refractivity contribution in [2.24, 2.45) is 0 Å². The SMILES string of the molecule is O=S(=O)(NCCc1ncn[nH]1)c1cccc(O)c1. The number of hydrogen-bond acceptors (Lipinski definition) is 5. The standard InChI is InChI=1S/C10H12N4O3S/c15-8-2-1-3-9(6-8)18(16,17)13-5-4-10-11-7-12-14-10/h1-3,6-7,13,15H,4-5H2,(H,11,12,14). The van der Waals surface area contributed by atoms with Gasteiger partial charge in [-0.2, -0.15) is 5.10 Å². The van der Waals surface area contributed by atoms with Crippen molar-refractivity contribution in [3.63, 3.8) is 0 Å². The first-order valence-corrected chi connectivity index (χ1v) is 6.69. The van der Waals surface area contributed by atoms with Gasteiger partial charge in [-0.15, -0.1) is 0 Å². The highest BCUT2D eigenvalue weighted by Gasteiger charge is 2.13. The van der Waals surface area contributed by atoms with E-state index in [-0.39, 0.29) is 17.2 Å². The average molecular weight is 268 g/mol. The van der Waals surface area contributed by atoms with Crippen molar-refractivity contribution in [1.82, 2.24) is 19.9 Å². The first-order chi connectivity index (χ1) is 8.58. The van der Waals surface area contributed by atoms with Gasteiger partial charge in [0.25, 0.3) is 0 Å². The largest absolute Gasteiger partial charge is 0.508 e.